The third-order valence-corrected chi connectivity index (χ3v) is 6.20. The van der Waals surface area contributed by atoms with E-state index < -0.39 is 10.0 Å². The summed E-state index contributed by atoms with van der Waals surface area (Å²) in [5.74, 6) is 0.590. The molecule has 0 aromatic heterocycles. The van der Waals surface area contributed by atoms with E-state index in [4.69, 9.17) is 0 Å². The van der Waals surface area contributed by atoms with Crippen LogP contribution >= 0.6 is 11.8 Å². The van der Waals surface area contributed by atoms with Gasteiger partial charge in [-0.2, -0.15) is 0 Å². The standard InChI is InChI=1S/C17H18N2O3S2/c1-2-12-5-3-4-6-14(12)19-24(21,22)13-7-8-16-15(11-13)18-17(20)9-10-23-16/h3-8,11,19H,2,9-10H2,1H3,(H,18,20). The van der Waals surface area contributed by atoms with Gasteiger partial charge < -0.3 is 5.32 Å². The second kappa shape index (κ2) is 6.86. The lowest BCUT2D eigenvalue weighted by molar-refractivity contribution is -0.115. The summed E-state index contributed by atoms with van der Waals surface area (Å²) in [6.45, 7) is 1.97. The molecule has 0 fully saturated rings. The molecule has 2 N–H and O–H groups in total. The number of para-hydroxylation sites is 1. The van der Waals surface area contributed by atoms with Crippen LogP contribution in [0.1, 0.15) is 18.9 Å². The Kier molecular flexibility index (Phi) is 4.82. The summed E-state index contributed by atoms with van der Waals surface area (Å²) in [6, 6.07) is 12.1. The van der Waals surface area contributed by atoms with Crippen LogP contribution in [-0.4, -0.2) is 20.1 Å². The van der Waals surface area contributed by atoms with Crippen LogP contribution in [0.15, 0.2) is 52.3 Å². The third kappa shape index (κ3) is 3.57. The topological polar surface area (TPSA) is 75.3 Å². The number of fused-ring (bicyclic) bond motifs is 1. The van der Waals surface area contributed by atoms with Crippen molar-refractivity contribution >= 4 is 39.1 Å². The molecule has 0 unspecified atom stereocenters. The van der Waals surface area contributed by atoms with Crippen molar-refractivity contribution in [3.8, 4) is 0 Å². The first-order valence-electron chi connectivity index (χ1n) is 7.67. The monoisotopic (exact) mass is 362 g/mol. The Morgan fingerprint density at radius 3 is 2.79 bits per heavy atom. The molecule has 1 heterocycles. The SMILES string of the molecule is CCc1ccccc1NS(=O)(=O)c1ccc2c(c1)NC(=O)CCS2. The summed E-state index contributed by atoms with van der Waals surface area (Å²) < 4.78 is 28.0. The minimum atomic E-state index is -3.72. The number of amides is 1. The Labute approximate surface area is 145 Å². The van der Waals surface area contributed by atoms with Crippen LogP contribution in [0.2, 0.25) is 0 Å². The van der Waals surface area contributed by atoms with Gasteiger partial charge in [0.25, 0.3) is 10.0 Å². The van der Waals surface area contributed by atoms with Gasteiger partial charge in [0.1, 0.15) is 0 Å². The molecule has 0 saturated carbocycles. The highest BCUT2D eigenvalue weighted by molar-refractivity contribution is 7.99. The summed E-state index contributed by atoms with van der Waals surface area (Å²) in [6.07, 6.45) is 1.15. The van der Waals surface area contributed by atoms with E-state index in [1.165, 1.54) is 6.07 Å². The highest BCUT2D eigenvalue weighted by Crippen LogP contribution is 2.33. The predicted octanol–water partition coefficient (Wildman–Crippen LogP) is 3.48. The first-order valence-corrected chi connectivity index (χ1v) is 10.1. The molecule has 5 nitrogen and oxygen atoms in total. The number of aryl methyl sites for hydroxylation is 1. The molecule has 0 radical (unpaired) electrons. The first-order chi connectivity index (χ1) is 11.5. The molecule has 0 saturated heterocycles. The number of anilines is 2. The highest BCUT2D eigenvalue weighted by atomic mass is 32.2. The average molecular weight is 362 g/mol. The predicted molar refractivity (Wildman–Crippen MR) is 97.0 cm³/mol. The van der Waals surface area contributed by atoms with Crippen LogP contribution in [-0.2, 0) is 21.2 Å². The van der Waals surface area contributed by atoms with E-state index >= 15 is 0 Å². The molecule has 0 atom stereocenters. The number of sulfonamides is 1. The molecule has 0 spiro atoms. The van der Waals surface area contributed by atoms with Gasteiger partial charge in [0.05, 0.1) is 16.3 Å². The highest BCUT2D eigenvalue weighted by Gasteiger charge is 2.20. The third-order valence-electron chi connectivity index (χ3n) is 3.76. The average Bonchev–Trinajstić information content (AvgIpc) is 2.74. The van der Waals surface area contributed by atoms with Crippen molar-refractivity contribution in [1.29, 1.82) is 0 Å². The molecule has 126 valence electrons. The van der Waals surface area contributed by atoms with E-state index in [2.05, 4.69) is 10.0 Å². The van der Waals surface area contributed by atoms with Gasteiger partial charge >= 0.3 is 0 Å². The molecular weight excluding hydrogens is 344 g/mol. The van der Waals surface area contributed by atoms with Gasteiger partial charge in [0.15, 0.2) is 0 Å². The summed E-state index contributed by atoms with van der Waals surface area (Å²) in [4.78, 5) is 12.7. The maximum atomic E-state index is 12.7. The number of carbonyl (C=O) groups excluding carboxylic acids is 1. The number of carbonyl (C=O) groups is 1. The van der Waals surface area contributed by atoms with E-state index in [-0.39, 0.29) is 10.8 Å². The van der Waals surface area contributed by atoms with Crippen LogP contribution in [0.25, 0.3) is 0 Å². The summed E-state index contributed by atoms with van der Waals surface area (Å²) in [5.41, 5.74) is 2.06. The zero-order valence-electron chi connectivity index (χ0n) is 13.2. The zero-order chi connectivity index (χ0) is 17.2. The normalized spacial score (nSPS) is 14.5. The van der Waals surface area contributed by atoms with Crippen LogP contribution in [0.5, 0.6) is 0 Å². The van der Waals surface area contributed by atoms with Crippen molar-refractivity contribution in [2.24, 2.45) is 0 Å². The molecule has 3 rings (SSSR count). The molecular formula is C17H18N2O3S2. The lowest BCUT2D eigenvalue weighted by Gasteiger charge is -2.13. The summed E-state index contributed by atoms with van der Waals surface area (Å²) in [5, 5.41) is 2.77. The molecule has 2 aromatic carbocycles. The largest absolute Gasteiger partial charge is 0.325 e. The lowest BCUT2D eigenvalue weighted by Crippen LogP contribution is -2.15. The van der Waals surface area contributed by atoms with E-state index in [0.29, 0.717) is 23.5 Å². The van der Waals surface area contributed by atoms with Gasteiger partial charge in [-0.05, 0) is 36.2 Å². The second-order valence-electron chi connectivity index (χ2n) is 5.42. The molecule has 24 heavy (non-hydrogen) atoms. The van der Waals surface area contributed by atoms with Crippen molar-refractivity contribution < 1.29 is 13.2 Å². The van der Waals surface area contributed by atoms with Crippen LogP contribution in [0.4, 0.5) is 11.4 Å². The van der Waals surface area contributed by atoms with Crippen molar-refractivity contribution in [1.82, 2.24) is 0 Å². The minimum absolute atomic E-state index is 0.0971. The van der Waals surface area contributed by atoms with Gasteiger partial charge in [-0.15, -0.1) is 11.8 Å². The maximum absolute atomic E-state index is 12.7. The number of nitrogens with one attached hydrogen (secondary N) is 2. The number of thioether (sulfide) groups is 1. The summed E-state index contributed by atoms with van der Waals surface area (Å²) >= 11 is 1.54. The Balaban J connectivity index is 1.94. The van der Waals surface area contributed by atoms with Gasteiger partial charge in [-0.1, -0.05) is 25.1 Å². The van der Waals surface area contributed by atoms with Gasteiger partial charge in [-0.25, -0.2) is 8.42 Å². The Hall–Kier alpha value is -1.99. The maximum Gasteiger partial charge on any atom is 0.261 e. The fourth-order valence-corrected chi connectivity index (χ4v) is 4.56. The number of hydrogen-bond acceptors (Lipinski definition) is 4. The van der Waals surface area contributed by atoms with E-state index in [1.807, 2.05) is 19.1 Å². The fraction of sp³-hybridized carbons (Fsp3) is 0.235. The molecule has 1 amide bonds. The number of rotatable bonds is 4. The Morgan fingerprint density at radius 1 is 1.21 bits per heavy atom. The van der Waals surface area contributed by atoms with E-state index in [1.54, 1.807) is 36.0 Å². The molecule has 1 aliphatic rings. The van der Waals surface area contributed by atoms with Gasteiger partial charge in [0.2, 0.25) is 5.91 Å². The first kappa shape index (κ1) is 16.9. The lowest BCUT2D eigenvalue weighted by atomic mass is 10.1. The molecule has 1 aliphatic heterocycles. The van der Waals surface area contributed by atoms with Gasteiger partial charge in [0, 0.05) is 17.1 Å². The Morgan fingerprint density at radius 2 is 2.00 bits per heavy atom. The fourth-order valence-electron chi connectivity index (χ4n) is 2.50. The molecule has 7 heteroatoms. The quantitative estimate of drug-likeness (QED) is 0.873. The number of hydrogen-bond donors (Lipinski definition) is 2. The van der Waals surface area contributed by atoms with Crippen LogP contribution < -0.4 is 10.0 Å². The van der Waals surface area contributed by atoms with Crippen molar-refractivity contribution in [3.63, 3.8) is 0 Å². The minimum Gasteiger partial charge on any atom is -0.325 e. The van der Waals surface area contributed by atoms with E-state index in [9.17, 15) is 13.2 Å². The molecule has 0 aliphatic carbocycles. The van der Waals surface area contributed by atoms with Gasteiger partial charge in [-0.3, -0.25) is 9.52 Å². The smallest absolute Gasteiger partial charge is 0.261 e. The van der Waals surface area contributed by atoms with Crippen LogP contribution in [0, 0.1) is 0 Å². The summed E-state index contributed by atoms with van der Waals surface area (Å²) in [7, 11) is -3.72. The van der Waals surface area contributed by atoms with Crippen molar-refractivity contribution in [2.45, 2.75) is 29.6 Å². The number of benzene rings is 2. The van der Waals surface area contributed by atoms with E-state index in [0.717, 1.165) is 16.9 Å². The van der Waals surface area contributed by atoms with Crippen molar-refractivity contribution in [2.75, 3.05) is 15.8 Å². The molecule has 2 aromatic rings. The van der Waals surface area contributed by atoms with Crippen LogP contribution in [0.3, 0.4) is 0 Å². The zero-order valence-corrected chi connectivity index (χ0v) is 14.8. The Bertz CT molecular complexity index is 879. The van der Waals surface area contributed by atoms with Crippen molar-refractivity contribution in [3.05, 3.63) is 48.0 Å². The second-order valence-corrected chi connectivity index (χ2v) is 8.24. The molecule has 0 bridgehead atoms.